The maximum Gasteiger partial charge on any atom is 0.0599 e. The third-order valence-electron chi connectivity index (χ3n) is 2.82. The highest BCUT2D eigenvalue weighted by molar-refractivity contribution is 4.77. The Morgan fingerprint density at radius 2 is 2.18 bits per heavy atom. The lowest BCUT2D eigenvalue weighted by molar-refractivity contribution is 0.0123. The van der Waals surface area contributed by atoms with E-state index in [4.69, 9.17) is 4.74 Å². The molecule has 1 aliphatic rings. The zero-order chi connectivity index (χ0) is 8.10. The largest absolute Gasteiger partial charge is 0.381 e. The number of methoxy groups -OCH3 is 1. The second-order valence-electron chi connectivity index (χ2n) is 3.61. The zero-order valence-electron chi connectivity index (χ0n) is 7.81. The normalized spacial score (nSPS) is 21.3. The maximum absolute atomic E-state index is 5.46. The van der Waals surface area contributed by atoms with Gasteiger partial charge in [-0.2, -0.15) is 0 Å². The van der Waals surface area contributed by atoms with Crippen molar-refractivity contribution in [2.24, 2.45) is 5.92 Å². The highest BCUT2D eigenvalue weighted by Gasteiger charge is 2.26. The van der Waals surface area contributed by atoms with Crippen LogP contribution in [0.1, 0.15) is 45.4 Å². The maximum atomic E-state index is 5.46. The standard InChI is InChI=1S/C10H20O/c1-3-4-8-10(11-2)9-6-5-7-9/h9-10H,3-8H2,1-2H3. The summed E-state index contributed by atoms with van der Waals surface area (Å²) in [6.45, 7) is 2.24. The summed E-state index contributed by atoms with van der Waals surface area (Å²) in [7, 11) is 1.86. The van der Waals surface area contributed by atoms with Gasteiger partial charge in [0, 0.05) is 7.11 Å². The van der Waals surface area contributed by atoms with Crippen LogP contribution in [0.3, 0.4) is 0 Å². The molecule has 11 heavy (non-hydrogen) atoms. The Hall–Kier alpha value is -0.0400. The Balaban J connectivity index is 2.13. The van der Waals surface area contributed by atoms with Crippen molar-refractivity contribution >= 4 is 0 Å². The van der Waals surface area contributed by atoms with Gasteiger partial charge in [-0.1, -0.05) is 26.2 Å². The molecule has 66 valence electrons. The molecule has 0 aromatic heterocycles. The average molecular weight is 156 g/mol. The van der Waals surface area contributed by atoms with Gasteiger partial charge in [-0.05, 0) is 25.2 Å². The Bertz CT molecular complexity index is 97.0. The molecule has 1 rings (SSSR count). The molecule has 0 heterocycles. The molecule has 0 radical (unpaired) electrons. The number of unbranched alkanes of at least 4 members (excludes halogenated alkanes) is 1. The lowest BCUT2D eigenvalue weighted by Gasteiger charge is -2.32. The van der Waals surface area contributed by atoms with Crippen molar-refractivity contribution in [3.63, 3.8) is 0 Å². The van der Waals surface area contributed by atoms with Crippen LogP contribution in [0.2, 0.25) is 0 Å². The lowest BCUT2D eigenvalue weighted by Crippen LogP contribution is -2.28. The summed E-state index contributed by atoms with van der Waals surface area (Å²) in [6.07, 6.45) is 8.71. The van der Waals surface area contributed by atoms with Crippen molar-refractivity contribution in [3.05, 3.63) is 0 Å². The van der Waals surface area contributed by atoms with Crippen molar-refractivity contribution in [3.8, 4) is 0 Å². The minimum atomic E-state index is 0.573. The molecule has 1 fully saturated rings. The van der Waals surface area contributed by atoms with E-state index in [1.54, 1.807) is 0 Å². The van der Waals surface area contributed by atoms with Crippen LogP contribution in [-0.4, -0.2) is 13.2 Å². The number of rotatable bonds is 5. The summed E-state index contributed by atoms with van der Waals surface area (Å²) in [5.41, 5.74) is 0. The third kappa shape index (κ3) is 2.48. The molecular formula is C10H20O. The van der Waals surface area contributed by atoms with Crippen LogP contribution in [-0.2, 0) is 4.74 Å². The summed E-state index contributed by atoms with van der Waals surface area (Å²) in [5.74, 6) is 0.895. The molecule has 0 aromatic carbocycles. The quantitative estimate of drug-likeness (QED) is 0.594. The van der Waals surface area contributed by atoms with Crippen LogP contribution in [0.5, 0.6) is 0 Å². The highest BCUT2D eigenvalue weighted by Crippen LogP contribution is 2.32. The molecule has 0 saturated heterocycles. The molecule has 0 aliphatic heterocycles. The fourth-order valence-corrected chi connectivity index (χ4v) is 1.76. The summed E-state index contributed by atoms with van der Waals surface area (Å²) in [4.78, 5) is 0. The molecule has 0 bridgehead atoms. The first-order valence-electron chi connectivity index (χ1n) is 4.91. The SMILES string of the molecule is CCCCC(OC)C1CCC1. The third-order valence-corrected chi connectivity index (χ3v) is 2.82. The Kier molecular flexibility index (Phi) is 3.92. The second-order valence-corrected chi connectivity index (χ2v) is 3.61. The van der Waals surface area contributed by atoms with E-state index in [-0.39, 0.29) is 0 Å². The predicted molar refractivity (Wildman–Crippen MR) is 47.7 cm³/mol. The van der Waals surface area contributed by atoms with Crippen molar-refractivity contribution in [1.82, 2.24) is 0 Å². The van der Waals surface area contributed by atoms with Crippen molar-refractivity contribution in [2.75, 3.05) is 7.11 Å². The van der Waals surface area contributed by atoms with Crippen molar-refractivity contribution < 1.29 is 4.74 Å². The Morgan fingerprint density at radius 1 is 1.45 bits per heavy atom. The minimum absolute atomic E-state index is 0.573. The Morgan fingerprint density at radius 3 is 2.55 bits per heavy atom. The lowest BCUT2D eigenvalue weighted by atomic mass is 9.79. The molecule has 1 heteroatoms. The molecule has 0 N–H and O–H groups in total. The van der Waals surface area contributed by atoms with Gasteiger partial charge >= 0.3 is 0 Å². The van der Waals surface area contributed by atoms with E-state index in [0.29, 0.717) is 6.10 Å². The first-order chi connectivity index (χ1) is 5.38. The van der Waals surface area contributed by atoms with Crippen molar-refractivity contribution in [1.29, 1.82) is 0 Å². The summed E-state index contributed by atoms with van der Waals surface area (Å²) in [5, 5.41) is 0. The topological polar surface area (TPSA) is 9.23 Å². The smallest absolute Gasteiger partial charge is 0.0599 e. The van der Waals surface area contributed by atoms with Gasteiger partial charge in [-0.15, -0.1) is 0 Å². The van der Waals surface area contributed by atoms with Gasteiger partial charge in [0.05, 0.1) is 6.10 Å². The summed E-state index contributed by atoms with van der Waals surface area (Å²) in [6, 6.07) is 0. The van der Waals surface area contributed by atoms with Crippen LogP contribution in [0, 0.1) is 5.92 Å². The number of hydrogen-bond acceptors (Lipinski definition) is 1. The highest BCUT2D eigenvalue weighted by atomic mass is 16.5. The van der Waals surface area contributed by atoms with E-state index in [1.165, 1.54) is 38.5 Å². The molecule has 0 aromatic rings. The summed E-state index contributed by atoms with van der Waals surface area (Å²) >= 11 is 0. The number of ether oxygens (including phenoxy) is 1. The van der Waals surface area contributed by atoms with Gasteiger partial charge in [-0.3, -0.25) is 0 Å². The molecule has 1 atom stereocenters. The Labute approximate surface area is 70.1 Å². The van der Waals surface area contributed by atoms with E-state index >= 15 is 0 Å². The van der Waals surface area contributed by atoms with Crippen LogP contribution < -0.4 is 0 Å². The van der Waals surface area contributed by atoms with Gasteiger partial charge in [-0.25, -0.2) is 0 Å². The first-order valence-corrected chi connectivity index (χ1v) is 4.91. The van der Waals surface area contributed by atoms with Gasteiger partial charge in [0.2, 0.25) is 0 Å². The number of hydrogen-bond donors (Lipinski definition) is 0. The molecular weight excluding hydrogens is 136 g/mol. The van der Waals surface area contributed by atoms with Crippen LogP contribution in [0.15, 0.2) is 0 Å². The van der Waals surface area contributed by atoms with E-state index < -0.39 is 0 Å². The predicted octanol–water partition coefficient (Wildman–Crippen LogP) is 2.99. The molecule has 1 saturated carbocycles. The van der Waals surface area contributed by atoms with Gasteiger partial charge in [0.25, 0.3) is 0 Å². The van der Waals surface area contributed by atoms with E-state index in [0.717, 1.165) is 5.92 Å². The van der Waals surface area contributed by atoms with Gasteiger partial charge < -0.3 is 4.74 Å². The van der Waals surface area contributed by atoms with Crippen LogP contribution in [0.4, 0.5) is 0 Å². The average Bonchev–Trinajstić information content (AvgIpc) is 1.93. The summed E-state index contributed by atoms with van der Waals surface area (Å²) < 4.78 is 5.46. The van der Waals surface area contributed by atoms with Crippen LogP contribution >= 0.6 is 0 Å². The monoisotopic (exact) mass is 156 g/mol. The van der Waals surface area contributed by atoms with Crippen LogP contribution in [0.25, 0.3) is 0 Å². The fourth-order valence-electron chi connectivity index (χ4n) is 1.76. The molecule has 1 nitrogen and oxygen atoms in total. The minimum Gasteiger partial charge on any atom is -0.381 e. The first kappa shape index (κ1) is 9.05. The van der Waals surface area contributed by atoms with E-state index in [1.807, 2.05) is 7.11 Å². The zero-order valence-corrected chi connectivity index (χ0v) is 7.81. The molecule has 0 spiro atoms. The van der Waals surface area contributed by atoms with E-state index in [9.17, 15) is 0 Å². The fraction of sp³-hybridized carbons (Fsp3) is 1.00. The van der Waals surface area contributed by atoms with E-state index in [2.05, 4.69) is 6.92 Å². The van der Waals surface area contributed by atoms with Gasteiger partial charge in [0.1, 0.15) is 0 Å². The van der Waals surface area contributed by atoms with Gasteiger partial charge in [0.15, 0.2) is 0 Å². The second kappa shape index (κ2) is 4.76. The molecule has 1 aliphatic carbocycles. The molecule has 0 amide bonds. The van der Waals surface area contributed by atoms with Crippen molar-refractivity contribution in [2.45, 2.75) is 51.6 Å². The molecule has 1 unspecified atom stereocenters.